The molecule has 0 amide bonds. The molecular formula is C11H17FN4. The van der Waals surface area contributed by atoms with Gasteiger partial charge in [-0.3, -0.25) is 0 Å². The van der Waals surface area contributed by atoms with Gasteiger partial charge in [0, 0.05) is 19.1 Å². The summed E-state index contributed by atoms with van der Waals surface area (Å²) in [5, 5.41) is 3.36. The molecule has 5 heteroatoms. The van der Waals surface area contributed by atoms with Gasteiger partial charge in [0.25, 0.3) is 0 Å². The number of likely N-dealkylation sites (N-methyl/N-ethyl adjacent to an activating group) is 1. The molecule has 0 aliphatic carbocycles. The Balaban J connectivity index is 2.11. The first-order chi connectivity index (χ1) is 7.81. The minimum absolute atomic E-state index is 0.387. The van der Waals surface area contributed by atoms with Gasteiger partial charge in [-0.15, -0.1) is 0 Å². The van der Waals surface area contributed by atoms with Gasteiger partial charge in [-0.05, 0) is 26.3 Å². The highest BCUT2D eigenvalue weighted by Gasteiger charge is 2.21. The first kappa shape index (κ1) is 11.3. The third-order valence-corrected chi connectivity index (χ3v) is 2.92. The number of aromatic nitrogens is 2. The van der Waals surface area contributed by atoms with Crippen LogP contribution in [0.15, 0.2) is 12.4 Å². The summed E-state index contributed by atoms with van der Waals surface area (Å²) in [6.07, 6.45) is 4.76. The summed E-state index contributed by atoms with van der Waals surface area (Å²) in [6, 6.07) is 0.421. The lowest BCUT2D eigenvalue weighted by atomic mass is 10.1. The van der Waals surface area contributed by atoms with Crippen molar-refractivity contribution in [2.45, 2.75) is 25.8 Å². The molecule has 1 saturated heterocycles. The number of nitrogens with zero attached hydrogens (tertiary/aromatic N) is 3. The molecule has 1 aliphatic heterocycles. The summed E-state index contributed by atoms with van der Waals surface area (Å²) >= 11 is 0. The summed E-state index contributed by atoms with van der Waals surface area (Å²) in [5.41, 5.74) is 0. The van der Waals surface area contributed by atoms with Crippen LogP contribution in [0, 0.1) is 5.82 Å². The second kappa shape index (κ2) is 5.21. The average molecular weight is 224 g/mol. The van der Waals surface area contributed by atoms with E-state index < -0.39 is 0 Å². The molecule has 1 aromatic rings. The number of rotatable bonds is 3. The van der Waals surface area contributed by atoms with Crippen molar-refractivity contribution in [2.75, 3.05) is 24.5 Å². The number of hydrogen-bond acceptors (Lipinski definition) is 4. The molecule has 2 rings (SSSR count). The third-order valence-electron chi connectivity index (χ3n) is 2.92. The molecule has 1 atom stereocenters. The van der Waals surface area contributed by atoms with Crippen LogP contribution in [0.3, 0.4) is 0 Å². The molecule has 0 bridgehead atoms. The molecule has 4 nitrogen and oxygen atoms in total. The van der Waals surface area contributed by atoms with Crippen LogP contribution in [0.4, 0.5) is 10.3 Å². The number of piperidine rings is 1. The zero-order valence-corrected chi connectivity index (χ0v) is 9.49. The van der Waals surface area contributed by atoms with Crippen molar-refractivity contribution < 1.29 is 4.39 Å². The maximum atomic E-state index is 12.7. The van der Waals surface area contributed by atoms with Gasteiger partial charge in [0.1, 0.15) is 0 Å². The van der Waals surface area contributed by atoms with Crippen molar-refractivity contribution in [2.24, 2.45) is 0 Å². The van der Waals surface area contributed by atoms with Crippen molar-refractivity contribution in [3.05, 3.63) is 18.2 Å². The fourth-order valence-electron chi connectivity index (χ4n) is 2.12. The lowest BCUT2D eigenvalue weighted by Crippen LogP contribution is -2.46. The van der Waals surface area contributed by atoms with E-state index in [-0.39, 0.29) is 5.82 Å². The van der Waals surface area contributed by atoms with Crippen LogP contribution in [0.1, 0.15) is 19.8 Å². The minimum Gasteiger partial charge on any atom is -0.337 e. The molecule has 1 aromatic heterocycles. The second-order valence-electron chi connectivity index (χ2n) is 3.99. The SMILES string of the molecule is CCN(c1ncc(F)cn1)C1CCCNC1. The van der Waals surface area contributed by atoms with E-state index in [9.17, 15) is 4.39 Å². The van der Waals surface area contributed by atoms with Crippen molar-refractivity contribution in [3.8, 4) is 0 Å². The van der Waals surface area contributed by atoms with Crippen LogP contribution in [0.5, 0.6) is 0 Å². The Morgan fingerprint density at radius 3 is 2.81 bits per heavy atom. The first-order valence-corrected chi connectivity index (χ1v) is 5.76. The quantitative estimate of drug-likeness (QED) is 0.837. The van der Waals surface area contributed by atoms with Gasteiger partial charge in [-0.2, -0.15) is 0 Å². The summed E-state index contributed by atoms with van der Waals surface area (Å²) in [4.78, 5) is 10.2. The molecule has 0 spiro atoms. The van der Waals surface area contributed by atoms with E-state index in [0.717, 1.165) is 26.1 Å². The monoisotopic (exact) mass is 224 g/mol. The lowest BCUT2D eigenvalue weighted by Gasteiger charge is -2.33. The van der Waals surface area contributed by atoms with Crippen LogP contribution >= 0.6 is 0 Å². The standard InChI is InChI=1S/C11H17FN4/c1-2-16(10-4-3-5-13-8-10)11-14-6-9(12)7-15-11/h6-7,10,13H,2-5,8H2,1H3. The Morgan fingerprint density at radius 2 is 2.25 bits per heavy atom. The highest BCUT2D eigenvalue weighted by atomic mass is 19.1. The normalized spacial score (nSPS) is 20.8. The van der Waals surface area contributed by atoms with Crippen molar-refractivity contribution in [1.82, 2.24) is 15.3 Å². The highest BCUT2D eigenvalue weighted by Crippen LogP contribution is 2.15. The fourth-order valence-corrected chi connectivity index (χ4v) is 2.12. The van der Waals surface area contributed by atoms with Crippen molar-refractivity contribution in [3.63, 3.8) is 0 Å². The molecule has 88 valence electrons. The fraction of sp³-hybridized carbons (Fsp3) is 0.636. The van der Waals surface area contributed by atoms with Gasteiger partial charge >= 0.3 is 0 Å². The third kappa shape index (κ3) is 2.47. The smallest absolute Gasteiger partial charge is 0.225 e. The summed E-state index contributed by atoms with van der Waals surface area (Å²) in [7, 11) is 0. The Morgan fingerprint density at radius 1 is 1.50 bits per heavy atom. The molecule has 1 unspecified atom stereocenters. The zero-order valence-electron chi connectivity index (χ0n) is 9.49. The van der Waals surface area contributed by atoms with E-state index in [1.807, 2.05) is 0 Å². The maximum Gasteiger partial charge on any atom is 0.225 e. The molecule has 0 radical (unpaired) electrons. The highest BCUT2D eigenvalue weighted by molar-refractivity contribution is 5.30. The molecule has 1 N–H and O–H groups in total. The molecular weight excluding hydrogens is 207 g/mol. The van der Waals surface area contributed by atoms with E-state index in [0.29, 0.717) is 12.0 Å². The van der Waals surface area contributed by atoms with E-state index >= 15 is 0 Å². The van der Waals surface area contributed by atoms with Gasteiger partial charge in [0.2, 0.25) is 5.95 Å². The average Bonchev–Trinajstić information content (AvgIpc) is 2.34. The van der Waals surface area contributed by atoms with E-state index in [1.165, 1.54) is 18.8 Å². The van der Waals surface area contributed by atoms with Crippen LogP contribution in [-0.2, 0) is 0 Å². The second-order valence-corrected chi connectivity index (χ2v) is 3.99. The Hall–Kier alpha value is -1.23. The molecule has 2 heterocycles. The molecule has 0 saturated carbocycles. The van der Waals surface area contributed by atoms with Crippen molar-refractivity contribution >= 4 is 5.95 Å². The molecule has 1 fully saturated rings. The first-order valence-electron chi connectivity index (χ1n) is 5.76. The predicted octanol–water partition coefficient (Wildman–Crippen LogP) is 1.19. The van der Waals surface area contributed by atoms with Gasteiger partial charge in [-0.25, -0.2) is 14.4 Å². The lowest BCUT2D eigenvalue weighted by molar-refractivity contribution is 0.430. The van der Waals surface area contributed by atoms with Crippen LogP contribution in [0.2, 0.25) is 0 Å². The number of anilines is 1. The number of halogens is 1. The molecule has 1 aliphatic rings. The Kier molecular flexibility index (Phi) is 3.66. The van der Waals surface area contributed by atoms with Gasteiger partial charge in [-0.1, -0.05) is 0 Å². The van der Waals surface area contributed by atoms with Gasteiger partial charge in [0.05, 0.1) is 12.4 Å². The van der Waals surface area contributed by atoms with E-state index in [2.05, 4.69) is 27.1 Å². The maximum absolute atomic E-state index is 12.7. The Bertz CT molecular complexity index is 321. The molecule has 16 heavy (non-hydrogen) atoms. The van der Waals surface area contributed by atoms with Crippen LogP contribution in [0.25, 0.3) is 0 Å². The molecule has 0 aromatic carbocycles. The van der Waals surface area contributed by atoms with E-state index in [1.54, 1.807) is 0 Å². The zero-order chi connectivity index (χ0) is 11.4. The topological polar surface area (TPSA) is 41.1 Å². The predicted molar refractivity (Wildman–Crippen MR) is 60.9 cm³/mol. The summed E-state index contributed by atoms with van der Waals surface area (Å²) in [5.74, 6) is 0.235. The minimum atomic E-state index is -0.387. The number of hydrogen-bond donors (Lipinski definition) is 1. The van der Waals surface area contributed by atoms with E-state index in [4.69, 9.17) is 0 Å². The van der Waals surface area contributed by atoms with Crippen LogP contribution < -0.4 is 10.2 Å². The van der Waals surface area contributed by atoms with Crippen molar-refractivity contribution in [1.29, 1.82) is 0 Å². The Labute approximate surface area is 94.9 Å². The van der Waals surface area contributed by atoms with Gasteiger partial charge in [0.15, 0.2) is 5.82 Å². The largest absolute Gasteiger partial charge is 0.337 e. The summed E-state index contributed by atoms with van der Waals surface area (Å²) in [6.45, 7) is 4.95. The number of nitrogens with one attached hydrogen (secondary N) is 1. The van der Waals surface area contributed by atoms with Crippen LogP contribution in [-0.4, -0.2) is 35.6 Å². The summed E-state index contributed by atoms with van der Waals surface area (Å²) < 4.78 is 12.7. The van der Waals surface area contributed by atoms with Gasteiger partial charge < -0.3 is 10.2 Å².